The van der Waals surface area contributed by atoms with Gasteiger partial charge < -0.3 is 4.74 Å². The van der Waals surface area contributed by atoms with Gasteiger partial charge in [-0.3, -0.25) is 0 Å². The van der Waals surface area contributed by atoms with E-state index in [1.165, 1.54) is 37.7 Å². The van der Waals surface area contributed by atoms with Crippen molar-refractivity contribution < 1.29 is 13.2 Å². The van der Waals surface area contributed by atoms with E-state index in [1.54, 1.807) is 30.3 Å². The third-order valence-corrected chi connectivity index (χ3v) is 6.27. The molecule has 144 valence electrons. The molecule has 0 bridgehead atoms. The van der Waals surface area contributed by atoms with Gasteiger partial charge in [0.1, 0.15) is 5.69 Å². The lowest BCUT2D eigenvalue weighted by molar-refractivity contribution is 0.412. The Morgan fingerprint density at radius 3 is 2.62 bits per heavy atom. The van der Waals surface area contributed by atoms with Crippen molar-refractivity contribution in [3.8, 4) is 23.1 Å². The van der Waals surface area contributed by atoms with E-state index in [9.17, 15) is 13.7 Å². The number of halogens is 1. The molecule has 0 radical (unpaired) electrons. The molecule has 0 saturated carbocycles. The average molecular weight is 425 g/mol. The van der Waals surface area contributed by atoms with Gasteiger partial charge in [0.25, 0.3) is 10.0 Å². The molecule has 0 saturated heterocycles. The third kappa shape index (κ3) is 3.20. The van der Waals surface area contributed by atoms with Crippen molar-refractivity contribution in [3.63, 3.8) is 0 Å². The van der Waals surface area contributed by atoms with Crippen LogP contribution in [0.4, 0.5) is 0 Å². The van der Waals surface area contributed by atoms with Gasteiger partial charge in [-0.2, -0.15) is 5.26 Å². The first-order chi connectivity index (χ1) is 14.0. The van der Waals surface area contributed by atoms with E-state index in [0.29, 0.717) is 33.5 Å². The Bertz CT molecular complexity index is 1380. The number of nitriles is 1. The first-order valence-corrected chi connectivity index (χ1v) is 10.2. The Labute approximate surface area is 171 Å². The molecule has 0 N–H and O–H groups in total. The number of nitrogens with zero attached hydrogens (tertiary/aromatic N) is 4. The van der Waals surface area contributed by atoms with Crippen molar-refractivity contribution in [3.05, 3.63) is 71.8 Å². The van der Waals surface area contributed by atoms with Gasteiger partial charge in [-0.25, -0.2) is 22.4 Å². The van der Waals surface area contributed by atoms with Gasteiger partial charge in [0.2, 0.25) is 5.28 Å². The molecule has 7 nitrogen and oxygen atoms in total. The van der Waals surface area contributed by atoms with Gasteiger partial charge in [-0.1, -0.05) is 24.3 Å². The SMILES string of the molecule is COc1cnc(Cl)nc1-c1cn(S(=O)(=O)c2ccccc2)c2cc(C#N)ccc12. The van der Waals surface area contributed by atoms with Crippen LogP contribution in [-0.4, -0.2) is 29.5 Å². The molecule has 0 aliphatic carbocycles. The number of hydrogen-bond acceptors (Lipinski definition) is 6. The van der Waals surface area contributed by atoms with Crippen molar-refractivity contribution in [1.82, 2.24) is 13.9 Å². The summed E-state index contributed by atoms with van der Waals surface area (Å²) in [6.45, 7) is 0. The van der Waals surface area contributed by atoms with E-state index in [4.69, 9.17) is 16.3 Å². The van der Waals surface area contributed by atoms with Crippen LogP contribution < -0.4 is 4.74 Å². The largest absolute Gasteiger partial charge is 0.493 e. The normalized spacial score (nSPS) is 11.3. The fraction of sp³-hybridized carbons (Fsp3) is 0.0500. The van der Waals surface area contributed by atoms with Crippen molar-refractivity contribution in [1.29, 1.82) is 5.26 Å². The molecule has 0 aliphatic heterocycles. The molecule has 0 aliphatic rings. The van der Waals surface area contributed by atoms with Crippen LogP contribution in [-0.2, 0) is 10.0 Å². The van der Waals surface area contributed by atoms with Crippen LogP contribution in [0, 0.1) is 11.3 Å². The second-order valence-electron chi connectivity index (χ2n) is 6.06. The molecule has 2 aromatic heterocycles. The van der Waals surface area contributed by atoms with Crippen molar-refractivity contribution in [2.75, 3.05) is 7.11 Å². The minimum Gasteiger partial charge on any atom is -0.493 e. The zero-order chi connectivity index (χ0) is 20.6. The van der Waals surface area contributed by atoms with Crippen molar-refractivity contribution in [2.45, 2.75) is 4.90 Å². The van der Waals surface area contributed by atoms with Crippen molar-refractivity contribution >= 4 is 32.5 Å². The molecule has 0 atom stereocenters. The minimum atomic E-state index is -3.92. The number of aromatic nitrogens is 3. The Hall–Kier alpha value is -3.41. The molecule has 2 aromatic carbocycles. The number of benzene rings is 2. The van der Waals surface area contributed by atoms with Crippen LogP contribution in [0.15, 0.2) is 65.8 Å². The fourth-order valence-electron chi connectivity index (χ4n) is 3.05. The Balaban J connectivity index is 2.08. The summed E-state index contributed by atoms with van der Waals surface area (Å²) in [5.41, 5.74) is 1.52. The second-order valence-corrected chi connectivity index (χ2v) is 8.21. The standard InChI is InChI=1S/C20H13ClN4O3S/c1-28-18-11-23-20(21)24-19(18)16-12-25(17-9-13(10-22)7-8-15(16)17)29(26,27)14-5-3-2-4-6-14/h2-9,11-12H,1H3. The smallest absolute Gasteiger partial charge is 0.268 e. The highest BCUT2D eigenvalue weighted by Crippen LogP contribution is 2.37. The maximum absolute atomic E-state index is 13.3. The monoisotopic (exact) mass is 424 g/mol. The van der Waals surface area contributed by atoms with Gasteiger partial charge in [0, 0.05) is 17.1 Å². The van der Waals surface area contributed by atoms with Crippen molar-refractivity contribution in [2.24, 2.45) is 0 Å². The molecule has 4 aromatic rings. The number of fused-ring (bicyclic) bond motifs is 1. The molecule has 0 unspecified atom stereocenters. The molecule has 0 fully saturated rings. The summed E-state index contributed by atoms with van der Waals surface area (Å²) in [5.74, 6) is 0.343. The van der Waals surface area contributed by atoms with Gasteiger partial charge >= 0.3 is 0 Å². The van der Waals surface area contributed by atoms with Gasteiger partial charge in [0.05, 0.1) is 35.4 Å². The van der Waals surface area contributed by atoms with Gasteiger partial charge in [0.15, 0.2) is 5.75 Å². The summed E-state index contributed by atoms with van der Waals surface area (Å²) in [4.78, 5) is 8.26. The summed E-state index contributed by atoms with van der Waals surface area (Å²) < 4.78 is 33.1. The Morgan fingerprint density at radius 1 is 1.17 bits per heavy atom. The highest BCUT2D eigenvalue weighted by atomic mass is 35.5. The predicted molar refractivity (Wildman–Crippen MR) is 108 cm³/mol. The summed E-state index contributed by atoms with van der Waals surface area (Å²) >= 11 is 5.97. The summed E-state index contributed by atoms with van der Waals surface area (Å²) in [6, 6.07) is 14.9. The first-order valence-electron chi connectivity index (χ1n) is 8.38. The van der Waals surface area contributed by atoms with E-state index >= 15 is 0 Å². The van der Waals surface area contributed by atoms with Gasteiger partial charge in [-0.05, 0) is 35.9 Å². The number of ether oxygens (including phenoxy) is 1. The number of methoxy groups -OCH3 is 1. The molecular weight excluding hydrogens is 412 g/mol. The van der Waals surface area contributed by atoms with E-state index in [0.717, 1.165) is 3.97 Å². The maximum Gasteiger partial charge on any atom is 0.268 e. The van der Waals surface area contributed by atoms with Crippen LogP contribution in [0.2, 0.25) is 5.28 Å². The molecule has 4 rings (SSSR count). The third-order valence-electron chi connectivity index (χ3n) is 4.40. The quantitative estimate of drug-likeness (QED) is 0.461. The molecule has 2 heterocycles. The topological polar surface area (TPSA) is 97.9 Å². The minimum absolute atomic E-state index is 0.00117. The molecular formula is C20H13ClN4O3S. The average Bonchev–Trinajstić information content (AvgIpc) is 3.13. The number of rotatable bonds is 4. The molecule has 9 heteroatoms. The highest BCUT2D eigenvalue weighted by Gasteiger charge is 2.24. The molecule has 0 spiro atoms. The zero-order valence-corrected chi connectivity index (χ0v) is 16.6. The lowest BCUT2D eigenvalue weighted by Gasteiger charge is -2.07. The summed E-state index contributed by atoms with van der Waals surface area (Å²) in [6.07, 6.45) is 2.87. The Kier molecular flexibility index (Phi) is 4.70. The van der Waals surface area contributed by atoms with E-state index < -0.39 is 10.0 Å². The lowest BCUT2D eigenvalue weighted by Crippen LogP contribution is -2.11. The highest BCUT2D eigenvalue weighted by molar-refractivity contribution is 7.90. The molecule has 0 amide bonds. The van der Waals surface area contributed by atoms with E-state index in [1.807, 2.05) is 6.07 Å². The summed E-state index contributed by atoms with van der Waals surface area (Å²) in [7, 11) is -2.46. The number of hydrogen-bond donors (Lipinski definition) is 0. The predicted octanol–water partition coefficient (Wildman–Crippen LogP) is 3.87. The maximum atomic E-state index is 13.3. The van der Waals surface area contributed by atoms with Crippen LogP contribution in [0.25, 0.3) is 22.2 Å². The summed E-state index contributed by atoms with van der Waals surface area (Å²) in [5, 5.41) is 9.86. The fourth-order valence-corrected chi connectivity index (χ4v) is 4.57. The lowest BCUT2D eigenvalue weighted by atomic mass is 10.1. The Morgan fingerprint density at radius 2 is 1.93 bits per heavy atom. The van der Waals surface area contributed by atoms with Crippen LogP contribution in [0.5, 0.6) is 5.75 Å². The molecule has 29 heavy (non-hydrogen) atoms. The second kappa shape index (κ2) is 7.20. The van der Waals surface area contributed by atoms with Crippen LogP contribution in [0.1, 0.15) is 5.56 Å². The van der Waals surface area contributed by atoms with E-state index in [2.05, 4.69) is 9.97 Å². The van der Waals surface area contributed by atoms with Crippen LogP contribution >= 0.6 is 11.6 Å². The van der Waals surface area contributed by atoms with E-state index in [-0.39, 0.29) is 10.2 Å². The van der Waals surface area contributed by atoms with Gasteiger partial charge in [-0.15, -0.1) is 0 Å². The first kappa shape index (κ1) is 18.9. The van der Waals surface area contributed by atoms with Crippen LogP contribution in [0.3, 0.4) is 0 Å². The zero-order valence-electron chi connectivity index (χ0n) is 15.1.